The minimum absolute atomic E-state index is 0.00171. The fourth-order valence-electron chi connectivity index (χ4n) is 2.15. The summed E-state index contributed by atoms with van der Waals surface area (Å²) in [4.78, 5) is 14.0. The summed E-state index contributed by atoms with van der Waals surface area (Å²) in [6, 6.07) is 0. The van der Waals surface area contributed by atoms with Crippen molar-refractivity contribution in [2.45, 2.75) is 64.8 Å². The lowest BCUT2D eigenvalue weighted by atomic mass is 9.95. The molecule has 3 N–H and O–H groups in total. The molecule has 0 radical (unpaired) electrons. The fourth-order valence-corrected chi connectivity index (χ4v) is 2.15. The van der Waals surface area contributed by atoms with Crippen molar-refractivity contribution in [1.82, 2.24) is 4.90 Å². The van der Waals surface area contributed by atoms with Crippen LogP contribution in [0.3, 0.4) is 0 Å². The van der Waals surface area contributed by atoms with Crippen LogP contribution in [0.4, 0.5) is 0 Å². The lowest BCUT2D eigenvalue weighted by Crippen LogP contribution is -2.54. The average Bonchev–Trinajstić information content (AvgIpc) is 2.32. The van der Waals surface area contributed by atoms with Crippen molar-refractivity contribution < 1.29 is 9.90 Å². The third kappa shape index (κ3) is 6.36. The standard InChI is InChI=1S/C14H30N2O2/c1-4-6-7-8-10-16(11-12-17)13(18)14(3,15)9-5-2/h17H,4-12,15H2,1-3H3. The molecule has 0 aromatic rings. The van der Waals surface area contributed by atoms with Crippen LogP contribution in [0.25, 0.3) is 0 Å². The molecule has 0 spiro atoms. The number of hydrogen-bond acceptors (Lipinski definition) is 3. The Morgan fingerprint density at radius 2 is 1.83 bits per heavy atom. The quantitative estimate of drug-likeness (QED) is 0.588. The second kappa shape index (κ2) is 9.34. The van der Waals surface area contributed by atoms with Gasteiger partial charge in [-0.2, -0.15) is 0 Å². The zero-order chi connectivity index (χ0) is 14.0. The Kier molecular flexibility index (Phi) is 9.02. The van der Waals surface area contributed by atoms with Gasteiger partial charge in [-0.15, -0.1) is 0 Å². The van der Waals surface area contributed by atoms with E-state index >= 15 is 0 Å². The van der Waals surface area contributed by atoms with E-state index in [1.165, 1.54) is 12.8 Å². The van der Waals surface area contributed by atoms with Gasteiger partial charge in [0, 0.05) is 13.1 Å². The van der Waals surface area contributed by atoms with Gasteiger partial charge in [0.1, 0.15) is 0 Å². The number of nitrogens with two attached hydrogens (primary N) is 1. The Morgan fingerprint density at radius 3 is 2.33 bits per heavy atom. The molecule has 0 saturated carbocycles. The summed E-state index contributed by atoms with van der Waals surface area (Å²) < 4.78 is 0. The van der Waals surface area contributed by atoms with Crippen molar-refractivity contribution in [1.29, 1.82) is 0 Å². The number of nitrogens with zero attached hydrogens (tertiary/aromatic N) is 1. The number of carbonyl (C=O) groups is 1. The van der Waals surface area contributed by atoms with Gasteiger partial charge < -0.3 is 15.7 Å². The van der Waals surface area contributed by atoms with Gasteiger partial charge in [-0.3, -0.25) is 4.79 Å². The molecule has 0 bridgehead atoms. The smallest absolute Gasteiger partial charge is 0.242 e. The van der Waals surface area contributed by atoms with Gasteiger partial charge in [0.05, 0.1) is 12.1 Å². The summed E-state index contributed by atoms with van der Waals surface area (Å²) in [6.45, 7) is 7.07. The van der Waals surface area contributed by atoms with E-state index in [-0.39, 0.29) is 12.5 Å². The zero-order valence-corrected chi connectivity index (χ0v) is 12.2. The minimum Gasteiger partial charge on any atom is -0.395 e. The van der Waals surface area contributed by atoms with Crippen LogP contribution >= 0.6 is 0 Å². The van der Waals surface area contributed by atoms with Crippen LogP contribution in [0.2, 0.25) is 0 Å². The molecule has 0 rings (SSSR count). The summed E-state index contributed by atoms with van der Waals surface area (Å²) in [5.74, 6) is -0.0325. The predicted molar refractivity (Wildman–Crippen MR) is 75.3 cm³/mol. The molecule has 0 aromatic heterocycles. The molecule has 1 amide bonds. The monoisotopic (exact) mass is 258 g/mol. The van der Waals surface area contributed by atoms with Crippen LogP contribution < -0.4 is 5.73 Å². The van der Waals surface area contributed by atoms with Gasteiger partial charge in [-0.25, -0.2) is 0 Å². The second-order valence-corrected chi connectivity index (χ2v) is 5.24. The highest BCUT2D eigenvalue weighted by atomic mass is 16.3. The molecule has 0 fully saturated rings. The van der Waals surface area contributed by atoms with Crippen LogP contribution in [0.15, 0.2) is 0 Å². The zero-order valence-electron chi connectivity index (χ0n) is 12.2. The molecular weight excluding hydrogens is 228 g/mol. The molecule has 0 heterocycles. The Balaban J connectivity index is 4.34. The molecular formula is C14H30N2O2. The maximum Gasteiger partial charge on any atom is 0.242 e. The van der Waals surface area contributed by atoms with Crippen LogP contribution in [0.5, 0.6) is 0 Å². The SMILES string of the molecule is CCCCCCN(CCO)C(=O)C(C)(N)CCC. The highest BCUT2D eigenvalue weighted by molar-refractivity contribution is 5.85. The summed E-state index contributed by atoms with van der Waals surface area (Å²) in [6.07, 6.45) is 6.06. The number of aliphatic hydroxyl groups excluding tert-OH is 1. The third-order valence-corrected chi connectivity index (χ3v) is 3.20. The predicted octanol–water partition coefficient (Wildman–Crippen LogP) is 1.91. The molecule has 18 heavy (non-hydrogen) atoms. The number of aliphatic hydroxyl groups is 1. The minimum atomic E-state index is -0.797. The number of carbonyl (C=O) groups excluding carboxylic acids is 1. The van der Waals surface area contributed by atoms with E-state index in [4.69, 9.17) is 10.8 Å². The lowest BCUT2D eigenvalue weighted by Gasteiger charge is -2.31. The lowest BCUT2D eigenvalue weighted by molar-refractivity contribution is -0.137. The second-order valence-electron chi connectivity index (χ2n) is 5.24. The first-order valence-corrected chi connectivity index (χ1v) is 7.18. The Bertz CT molecular complexity index is 230. The molecule has 4 heteroatoms. The summed E-state index contributed by atoms with van der Waals surface area (Å²) in [5, 5.41) is 9.05. The summed E-state index contributed by atoms with van der Waals surface area (Å²) in [5.41, 5.74) is 5.26. The van der Waals surface area contributed by atoms with E-state index in [0.717, 1.165) is 19.3 Å². The molecule has 1 atom stereocenters. The maximum absolute atomic E-state index is 12.3. The highest BCUT2D eigenvalue weighted by Gasteiger charge is 2.31. The van der Waals surface area contributed by atoms with Crippen molar-refractivity contribution in [3.8, 4) is 0 Å². The Morgan fingerprint density at radius 1 is 1.17 bits per heavy atom. The third-order valence-electron chi connectivity index (χ3n) is 3.20. The van der Waals surface area contributed by atoms with Gasteiger partial charge in [0.25, 0.3) is 0 Å². The number of amides is 1. The highest BCUT2D eigenvalue weighted by Crippen LogP contribution is 2.13. The van der Waals surface area contributed by atoms with Gasteiger partial charge in [0.2, 0.25) is 5.91 Å². The molecule has 1 unspecified atom stereocenters. The van der Waals surface area contributed by atoms with Crippen LogP contribution in [0.1, 0.15) is 59.3 Å². The number of rotatable bonds is 10. The molecule has 4 nitrogen and oxygen atoms in total. The van der Waals surface area contributed by atoms with Crippen LogP contribution in [0, 0.1) is 0 Å². The molecule has 0 aromatic carbocycles. The van der Waals surface area contributed by atoms with Crippen molar-refractivity contribution in [3.63, 3.8) is 0 Å². The van der Waals surface area contributed by atoms with Crippen LogP contribution in [-0.2, 0) is 4.79 Å². The van der Waals surface area contributed by atoms with E-state index in [0.29, 0.717) is 19.5 Å². The van der Waals surface area contributed by atoms with Crippen molar-refractivity contribution in [2.75, 3.05) is 19.7 Å². The van der Waals surface area contributed by atoms with Gasteiger partial charge in [-0.05, 0) is 19.8 Å². The molecule has 0 saturated heterocycles. The molecule has 0 aliphatic carbocycles. The Labute approximate surface area is 112 Å². The van der Waals surface area contributed by atoms with Gasteiger partial charge >= 0.3 is 0 Å². The first-order chi connectivity index (χ1) is 8.49. The largest absolute Gasteiger partial charge is 0.395 e. The molecule has 0 aliphatic heterocycles. The van der Waals surface area contributed by atoms with Crippen molar-refractivity contribution in [3.05, 3.63) is 0 Å². The normalized spacial score (nSPS) is 14.3. The van der Waals surface area contributed by atoms with E-state index in [1.54, 1.807) is 11.8 Å². The number of unbranched alkanes of at least 4 members (excludes halogenated alkanes) is 3. The maximum atomic E-state index is 12.3. The van der Waals surface area contributed by atoms with E-state index < -0.39 is 5.54 Å². The van der Waals surface area contributed by atoms with Crippen molar-refractivity contribution >= 4 is 5.91 Å². The summed E-state index contributed by atoms with van der Waals surface area (Å²) in [7, 11) is 0. The van der Waals surface area contributed by atoms with E-state index in [9.17, 15) is 4.79 Å². The molecule has 0 aliphatic rings. The first kappa shape index (κ1) is 17.4. The van der Waals surface area contributed by atoms with Gasteiger partial charge in [0.15, 0.2) is 0 Å². The average molecular weight is 258 g/mol. The van der Waals surface area contributed by atoms with Crippen molar-refractivity contribution in [2.24, 2.45) is 5.73 Å². The van der Waals surface area contributed by atoms with Gasteiger partial charge in [-0.1, -0.05) is 39.5 Å². The van der Waals surface area contributed by atoms with E-state index in [2.05, 4.69) is 6.92 Å². The topological polar surface area (TPSA) is 66.6 Å². The fraction of sp³-hybridized carbons (Fsp3) is 0.929. The first-order valence-electron chi connectivity index (χ1n) is 7.18. The Hall–Kier alpha value is -0.610. The van der Waals surface area contributed by atoms with Crippen LogP contribution in [-0.4, -0.2) is 41.1 Å². The number of hydrogen-bond donors (Lipinski definition) is 2. The van der Waals surface area contributed by atoms with E-state index in [1.807, 2.05) is 6.92 Å². The molecule has 108 valence electrons. The summed E-state index contributed by atoms with van der Waals surface area (Å²) >= 11 is 0.